The van der Waals surface area contributed by atoms with Gasteiger partial charge in [0, 0.05) is 25.2 Å². The molecule has 0 spiro atoms. The number of nitrogens with zero attached hydrogens (tertiary/aromatic N) is 4. The number of fused-ring (bicyclic) bond motifs is 1. The van der Waals surface area contributed by atoms with Crippen LogP contribution in [0.2, 0.25) is 0 Å². The molecule has 1 unspecified atom stereocenters. The maximum absolute atomic E-state index is 13.3. The fourth-order valence-corrected chi connectivity index (χ4v) is 4.10. The van der Waals surface area contributed by atoms with E-state index in [1.54, 1.807) is 4.90 Å². The summed E-state index contributed by atoms with van der Waals surface area (Å²) in [7, 11) is 0. The highest BCUT2D eigenvalue weighted by molar-refractivity contribution is 5.87. The summed E-state index contributed by atoms with van der Waals surface area (Å²) in [5.74, 6) is 0.294. The normalized spacial score (nSPS) is 18.0. The van der Waals surface area contributed by atoms with Crippen LogP contribution >= 0.6 is 0 Å². The molecule has 3 aromatic rings. The smallest absolute Gasteiger partial charge is 0.341 e. The number of carbonyl (C=O) groups is 1. The molecular weight excluding hydrogens is 393 g/mol. The van der Waals surface area contributed by atoms with Gasteiger partial charge in [0.05, 0.1) is 11.0 Å². The molecule has 30 heavy (non-hydrogen) atoms. The second-order valence-electron chi connectivity index (χ2n) is 8.28. The van der Waals surface area contributed by atoms with E-state index in [9.17, 15) is 18.0 Å². The maximum Gasteiger partial charge on any atom is 0.417 e. The Labute approximate surface area is 172 Å². The SMILES string of the molecule is CC(C)(C(=O)N1CCCC(c2nnc3ccc(C(F)(F)F)cn23)C1)c1ccccc1. The van der Waals surface area contributed by atoms with Gasteiger partial charge in [-0.15, -0.1) is 10.2 Å². The van der Waals surface area contributed by atoms with E-state index in [1.165, 1.54) is 10.5 Å². The molecular formula is C22H23F3N4O. The van der Waals surface area contributed by atoms with E-state index < -0.39 is 17.2 Å². The van der Waals surface area contributed by atoms with Gasteiger partial charge in [-0.1, -0.05) is 30.3 Å². The van der Waals surface area contributed by atoms with Gasteiger partial charge in [-0.25, -0.2) is 0 Å². The van der Waals surface area contributed by atoms with Crippen LogP contribution in [0.15, 0.2) is 48.7 Å². The minimum atomic E-state index is -4.44. The summed E-state index contributed by atoms with van der Waals surface area (Å²) in [4.78, 5) is 15.1. The number of halogens is 3. The van der Waals surface area contributed by atoms with Crippen molar-refractivity contribution in [3.63, 3.8) is 0 Å². The number of hydrogen-bond donors (Lipinski definition) is 0. The summed E-state index contributed by atoms with van der Waals surface area (Å²) in [6, 6.07) is 11.9. The van der Waals surface area contributed by atoms with Crippen LogP contribution in [0, 0.1) is 0 Å². The highest BCUT2D eigenvalue weighted by Gasteiger charge is 2.37. The molecule has 1 atom stereocenters. The van der Waals surface area contributed by atoms with Crippen LogP contribution in [0.25, 0.3) is 5.65 Å². The molecule has 1 aromatic carbocycles. The zero-order valence-corrected chi connectivity index (χ0v) is 16.9. The van der Waals surface area contributed by atoms with E-state index in [0.717, 1.165) is 30.7 Å². The number of rotatable bonds is 3. The summed E-state index contributed by atoms with van der Waals surface area (Å²) < 4.78 is 40.9. The highest BCUT2D eigenvalue weighted by atomic mass is 19.4. The molecule has 5 nitrogen and oxygen atoms in total. The Morgan fingerprint density at radius 3 is 2.47 bits per heavy atom. The quantitative estimate of drug-likeness (QED) is 0.635. The zero-order chi connectivity index (χ0) is 21.5. The van der Waals surface area contributed by atoms with Crippen LogP contribution in [-0.4, -0.2) is 38.5 Å². The van der Waals surface area contributed by atoms with Crippen molar-refractivity contribution >= 4 is 11.6 Å². The number of aromatic nitrogens is 3. The van der Waals surface area contributed by atoms with Crippen molar-refractivity contribution in [2.24, 2.45) is 0 Å². The van der Waals surface area contributed by atoms with Crippen LogP contribution in [0.4, 0.5) is 13.2 Å². The van der Waals surface area contributed by atoms with Crippen LogP contribution in [0.3, 0.4) is 0 Å². The molecule has 1 aliphatic heterocycles. The van der Waals surface area contributed by atoms with Gasteiger partial charge >= 0.3 is 6.18 Å². The summed E-state index contributed by atoms with van der Waals surface area (Å²) in [5.41, 5.74) is -0.143. The Balaban J connectivity index is 1.61. The van der Waals surface area contributed by atoms with Gasteiger partial charge in [-0.3, -0.25) is 9.20 Å². The van der Waals surface area contributed by atoms with Crippen molar-refractivity contribution < 1.29 is 18.0 Å². The van der Waals surface area contributed by atoms with Gasteiger partial charge in [0.1, 0.15) is 5.82 Å². The van der Waals surface area contributed by atoms with Gasteiger partial charge in [0.15, 0.2) is 5.65 Å². The third-order valence-electron chi connectivity index (χ3n) is 5.86. The van der Waals surface area contributed by atoms with Gasteiger partial charge in [0.25, 0.3) is 0 Å². The topological polar surface area (TPSA) is 50.5 Å². The van der Waals surface area contributed by atoms with E-state index in [1.807, 2.05) is 44.2 Å². The largest absolute Gasteiger partial charge is 0.417 e. The zero-order valence-electron chi connectivity index (χ0n) is 16.9. The van der Waals surface area contributed by atoms with Crippen LogP contribution in [0.5, 0.6) is 0 Å². The Morgan fingerprint density at radius 1 is 1.03 bits per heavy atom. The number of likely N-dealkylation sites (tertiary alicyclic amines) is 1. The van der Waals surface area contributed by atoms with Gasteiger partial charge in [-0.05, 0) is 44.4 Å². The van der Waals surface area contributed by atoms with E-state index in [2.05, 4.69) is 10.2 Å². The lowest BCUT2D eigenvalue weighted by Crippen LogP contribution is -2.47. The number of amides is 1. The molecule has 1 amide bonds. The molecule has 158 valence electrons. The first-order valence-corrected chi connectivity index (χ1v) is 9.94. The molecule has 0 radical (unpaired) electrons. The molecule has 2 aromatic heterocycles. The van der Waals surface area contributed by atoms with Gasteiger partial charge in [0.2, 0.25) is 5.91 Å². The first-order chi connectivity index (χ1) is 14.2. The third-order valence-corrected chi connectivity index (χ3v) is 5.86. The van der Waals surface area contributed by atoms with Gasteiger partial charge < -0.3 is 4.90 Å². The minimum absolute atomic E-state index is 0.00296. The van der Waals surface area contributed by atoms with Crippen molar-refractivity contribution in [2.75, 3.05) is 13.1 Å². The summed E-state index contributed by atoms with van der Waals surface area (Å²) >= 11 is 0. The lowest BCUT2D eigenvalue weighted by atomic mass is 9.82. The maximum atomic E-state index is 13.3. The minimum Gasteiger partial charge on any atom is -0.341 e. The van der Waals surface area contributed by atoms with Crippen molar-refractivity contribution in [3.8, 4) is 0 Å². The fourth-order valence-electron chi connectivity index (χ4n) is 4.10. The lowest BCUT2D eigenvalue weighted by molar-refractivity contribution is -0.138. The lowest BCUT2D eigenvalue weighted by Gasteiger charge is -2.37. The van der Waals surface area contributed by atoms with Crippen molar-refractivity contribution in [2.45, 2.75) is 44.2 Å². The second kappa shape index (κ2) is 7.41. The molecule has 1 fully saturated rings. The number of pyridine rings is 1. The fraction of sp³-hybridized carbons (Fsp3) is 0.409. The van der Waals surface area contributed by atoms with E-state index in [-0.39, 0.29) is 11.8 Å². The Hall–Kier alpha value is -2.90. The summed E-state index contributed by atoms with van der Waals surface area (Å²) in [6.07, 6.45) is -1.90. The Bertz CT molecular complexity index is 1060. The summed E-state index contributed by atoms with van der Waals surface area (Å²) in [5, 5.41) is 8.19. The summed E-state index contributed by atoms with van der Waals surface area (Å²) in [6.45, 7) is 4.83. The molecule has 3 heterocycles. The molecule has 0 saturated carbocycles. The first-order valence-electron chi connectivity index (χ1n) is 9.94. The van der Waals surface area contributed by atoms with Crippen LogP contribution in [-0.2, 0) is 16.4 Å². The van der Waals surface area contributed by atoms with Crippen molar-refractivity contribution in [3.05, 3.63) is 65.6 Å². The number of piperidine rings is 1. The predicted octanol–water partition coefficient (Wildman–Crippen LogP) is 4.43. The molecule has 4 rings (SSSR count). The number of benzene rings is 1. The average Bonchev–Trinajstić information content (AvgIpc) is 3.16. The van der Waals surface area contributed by atoms with Crippen LogP contribution in [0.1, 0.15) is 49.6 Å². The standard InChI is InChI=1S/C22H23F3N4O/c1-21(2,16-8-4-3-5-9-16)20(30)28-12-6-7-15(13-28)19-27-26-18-11-10-17(14-29(18)19)22(23,24)25/h3-5,8-11,14-15H,6-7,12-13H2,1-2H3. The Kier molecular flexibility index (Phi) is 5.03. The van der Waals surface area contributed by atoms with Gasteiger partial charge in [-0.2, -0.15) is 13.2 Å². The van der Waals surface area contributed by atoms with Crippen molar-refractivity contribution in [1.29, 1.82) is 0 Å². The molecule has 1 saturated heterocycles. The highest BCUT2D eigenvalue weighted by Crippen LogP contribution is 2.33. The molecule has 1 aliphatic rings. The Morgan fingerprint density at radius 2 is 1.77 bits per heavy atom. The van der Waals surface area contributed by atoms with Crippen LogP contribution < -0.4 is 0 Å². The predicted molar refractivity (Wildman–Crippen MR) is 106 cm³/mol. The van der Waals surface area contributed by atoms with E-state index >= 15 is 0 Å². The number of alkyl halides is 3. The third kappa shape index (κ3) is 3.66. The molecule has 8 heteroatoms. The second-order valence-corrected chi connectivity index (χ2v) is 8.28. The molecule has 0 bridgehead atoms. The molecule has 0 N–H and O–H groups in total. The molecule has 0 aliphatic carbocycles. The first kappa shape index (κ1) is 20.4. The van der Waals surface area contributed by atoms with E-state index in [0.29, 0.717) is 24.6 Å². The number of hydrogen-bond acceptors (Lipinski definition) is 3. The number of carbonyl (C=O) groups excluding carboxylic acids is 1. The van der Waals surface area contributed by atoms with Crippen molar-refractivity contribution in [1.82, 2.24) is 19.5 Å². The average molecular weight is 416 g/mol. The monoisotopic (exact) mass is 416 g/mol. The van der Waals surface area contributed by atoms with E-state index in [4.69, 9.17) is 0 Å².